The van der Waals surface area contributed by atoms with Crippen LogP contribution in [0.1, 0.15) is 18.4 Å². The van der Waals surface area contributed by atoms with Crippen LogP contribution in [-0.4, -0.2) is 24.0 Å². The molecule has 0 bridgehead atoms. The fraction of sp³-hybridized carbons (Fsp3) is 0.300. The summed E-state index contributed by atoms with van der Waals surface area (Å²) in [4.78, 5) is 14.2. The smallest absolute Gasteiger partial charge is 0.321 e. The summed E-state index contributed by atoms with van der Waals surface area (Å²) in [6.45, 7) is 3.29. The van der Waals surface area contributed by atoms with Crippen molar-refractivity contribution in [1.82, 2.24) is 4.90 Å². The maximum absolute atomic E-state index is 12.4. The number of nitrogens with one attached hydrogen (secondary N) is 1. The van der Waals surface area contributed by atoms with Crippen LogP contribution in [0.3, 0.4) is 0 Å². The van der Waals surface area contributed by atoms with Gasteiger partial charge < -0.3 is 10.2 Å². The zero-order chi connectivity index (χ0) is 16.9. The Bertz CT molecular complexity index is 761. The van der Waals surface area contributed by atoms with Crippen LogP contribution in [0.25, 0.3) is 11.1 Å². The Morgan fingerprint density at radius 2 is 2.00 bits per heavy atom. The summed E-state index contributed by atoms with van der Waals surface area (Å²) >= 11 is 0. The Morgan fingerprint density at radius 3 is 2.75 bits per heavy atom. The predicted molar refractivity (Wildman–Crippen MR) is 95.5 cm³/mol. The van der Waals surface area contributed by atoms with Gasteiger partial charge in [0.05, 0.1) is 12.0 Å². The molecule has 1 heterocycles. The molecule has 0 spiro atoms. The van der Waals surface area contributed by atoms with E-state index in [2.05, 4.69) is 42.6 Å². The van der Waals surface area contributed by atoms with E-state index in [4.69, 9.17) is 5.26 Å². The van der Waals surface area contributed by atoms with Crippen LogP contribution in [0, 0.1) is 24.2 Å². The largest absolute Gasteiger partial charge is 0.323 e. The first-order chi connectivity index (χ1) is 11.7. The number of aryl methyl sites for hydroxylation is 1. The van der Waals surface area contributed by atoms with Gasteiger partial charge in [-0.1, -0.05) is 42.0 Å². The topological polar surface area (TPSA) is 56.1 Å². The standard InChI is InChI=1S/C20H21N3O/c1-15-7-9-17(10-8-15)18-5-2-6-19(12-18)22-20(24)23-11-3-4-16(13-21)14-23/h2,5-10,12,16H,3-4,11,14H2,1H3,(H,22,24)/t16-/m0/s1. The first-order valence-electron chi connectivity index (χ1n) is 8.28. The van der Waals surface area contributed by atoms with Crippen LogP contribution >= 0.6 is 0 Å². The molecular weight excluding hydrogens is 298 g/mol. The van der Waals surface area contributed by atoms with E-state index in [1.54, 1.807) is 4.90 Å². The molecule has 122 valence electrons. The number of hydrogen-bond acceptors (Lipinski definition) is 2. The number of anilines is 1. The van der Waals surface area contributed by atoms with E-state index < -0.39 is 0 Å². The van der Waals surface area contributed by atoms with Gasteiger partial charge in [-0.25, -0.2) is 4.79 Å². The van der Waals surface area contributed by atoms with Crippen LogP contribution in [0.15, 0.2) is 48.5 Å². The van der Waals surface area contributed by atoms with E-state index in [1.165, 1.54) is 5.56 Å². The Balaban J connectivity index is 1.71. The van der Waals surface area contributed by atoms with Crippen LogP contribution in [0.4, 0.5) is 10.5 Å². The Hall–Kier alpha value is -2.80. The molecule has 1 saturated heterocycles. The van der Waals surface area contributed by atoms with Crippen LogP contribution in [0.2, 0.25) is 0 Å². The van der Waals surface area contributed by atoms with Crippen molar-refractivity contribution in [2.75, 3.05) is 18.4 Å². The second-order valence-electron chi connectivity index (χ2n) is 6.29. The molecule has 24 heavy (non-hydrogen) atoms. The van der Waals surface area contributed by atoms with Crippen molar-refractivity contribution in [2.24, 2.45) is 5.92 Å². The molecule has 3 rings (SSSR count). The average Bonchev–Trinajstić information content (AvgIpc) is 2.62. The molecular formula is C20H21N3O. The highest BCUT2D eigenvalue weighted by atomic mass is 16.2. The molecule has 1 aliphatic heterocycles. The number of nitrogens with zero attached hydrogens (tertiary/aromatic N) is 2. The number of piperidine rings is 1. The molecule has 2 aromatic carbocycles. The molecule has 1 N–H and O–H groups in total. The van der Waals surface area contributed by atoms with Gasteiger partial charge in [0.1, 0.15) is 0 Å². The molecule has 2 amide bonds. The number of likely N-dealkylation sites (tertiary alicyclic amines) is 1. The zero-order valence-electron chi connectivity index (χ0n) is 13.8. The van der Waals surface area contributed by atoms with Gasteiger partial charge in [-0.2, -0.15) is 5.26 Å². The number of carbonyl (C=O) groups excluding carboxylic acids is 1. The number of carbonyl (C=O) groups is 1. The van der Waals surface area contributed by atoms with Gasteiger partial charge in [0, 0.05) is 18.8 Å². The van der Waals surface area contributed by atoms with Crippen molar-refractivity contribution < 1.29 is 4.79 Å². The van der Waals surface area contributed by atoms with E-state index in [-0.39, 0.29) is 11.9 Å². The molecule has 0 saturated carbocycles. The van der Waals surface area contributed by atoms with Crippen LogP contribution < -0.4 is 5.32 Å². The van der Waals surface area contributed by atoms with Gasteiger partial charge in [0.25, 0.3) is 0 Å². The fourth-order valence-electron chi connectivity index (χ4n) is 2.99. The normalized spacial score (nSPS) is 17.2. The third-order valence-electron chi connectivity index (χ3n) is 4.39. The van der Waals surface area contributed by atoms with Crippen molar-refractivity contribution in [3.05, 3.63) is 54.1 Å². The van der Waals surface area contributed by atoms with E-state index in [1.807, 2.05) is 24.3 Å². The summed E-state index contributed by atoms with van der Waals surface area (Å²) in [5, 5.41) is 12.0. The Morgan fingerprint density at radius 1 is 1.21 bits per heavy atom. The molecule has 4 heteroatoms. The molecule has 0 radical (unpaired) electrons. The minimum absolute atomic E-state index is 0.0524. The summed E-state index contributed by atoms with van der Waals surface area (Å²) < 4.78 is 0. The lowest BCUT2D eigenvalue weighted by atomic mass is 10.0. The second-order valence-corrected chi connectivity index (χ2v) is 6.29. The molecule has 1 atom stereocenters. The SMILES string of the molecule is Cc1ccc(-c2cccc(NC(=O)N3CCC[C@@H](C#N)C3)c2)cc1. The highest BCUT2D eigenvalue weighted by molar-refractivity contribution is 5.90. The predicted octanol–water partition coefficient (Wildman–Crippen LogP) is 4.43. The van der Waals surface area contributed by atoms with Gasteiger partial charge in [-0.15, -0.1) is 0 Å². The quantitative estimate of drug-likeness (QED) is 0.890. The molecule has 0 aliphatic carbocycles. The molecule has 0 aromatic heterocycles. The second kappa shape index (κ2) is 7.18. The summed E-state index contributed by atoms with van der Waals surface area (Å²) in [5.41, 5.74) is 4.19. The highest BCUT2D eigenvalue weighted by Gasteiger charge is 2.23. The monoisotopic (exact) mass is 319 g/mol. The van der Waals surface area contributed by atoms with Crippen molar-refractivity contribution in [3.8, 4) is 17.2 Å². The van der Waals surface area contributed by atoms with Crippen molar-refractivity contribution in [3.63, 3.8) is 0 Å². The molecule has 1 fully saturated rings. The number of rotatable bonds is 2. The molecule has 2 aromatic rings. The Labute approximate surface area is 142 Å². The minimum atomic E-state index is -0.129. The van der Waals surface area contributed by atoms with E-state index in [9.17, 15) is 4.79 Å². The van der Waals surface area contributed by atoms with Gasteiger partial charge >= 0.3 is 6.03 Å². The van der Waals surface area contributed by atoms with Crippen LogP contribution in [0.5, 0.6) is 0 Å². The molecule has 4 nitrogen and oxygen atoms in total. The summed E-state index contributed by atoms with van der Waals surface area (Å²) in [7, 11) is 0. The van der Waals surface area contributed by atoms with Crippen molar-refractivity contribution in [1.29, 1.82) is 5.26 Å². The first-order valence-corrected chi connectivity index (χ1v) is 8.28. The lowest BCUT2D eigenvalue weighted by Gasteiger charge is -2.29. The highest BCUT2D eigenvalue weighted by Crippen LogP contribution is 2.24. The third-order valence-corrected chi connectivity index (χ3v) is 4.39. The maximum atomic E-state index is 12.4. The average molecular weight is 319 g/mol. The summed E-state index contributed by atoms with van der Waals surface area (Å²) in [6.07, 6.45) is 1.76. The van der Waals surface area contributed by atoms with Gasteiger partial charge in [0.2, 0.25) is 0 Å². The van der Waals surface area contributed by atoms with E-state index in [0.29, 0.717) is 13.1 Å². The fourth-order valence-corrected chi connectivity index (χ4v) is 2.99. The van der Waals surface area contributed by atoms with Crippen molar-refractivity contribution >= 4 is 11.7 Å². The summed E-state index contributed by atoms with van der Waals surface area (Å²) in [6, 6.07) is 18.3. The van der Waals surface area contributed by atoms with E-state index in [0.717, 1.165) is 29.7 Å². The molecule has 1 aliphatic rings. The Kier molecular flexibility index (Phi) is 4.81. The lowest BCUT2D eigenvalue weighted by molar-refractivity contribution is 0.189. The van der Waals surface area contributed by atoms with Gasteiger partial charge in [-0.05, 0) is 43.0 Å². The number of urea groups is 1. The first kappa shape index (κ1) is 16.1. The summed E-state index contributed by atoms with van der Waals surface area (Å²) in [5.74, 6) is -0.0524. The van der Waals surface area contributed by atoms with Gasteiger partial charge in [-0.3, -0.25) is 0 Å². The molecule has 0 unspecified atom stereocenters. The maximum Gasteiger partial charge on any atom is 0.321 e. The number of hydrogen-bond donors (Lipinski definition) is 1. The van der Waals surface area contributed by atoms with Crippen molar-refractivity contribution in [2.45, 2.75) is 19.8 Å². The number of nitriles is 1. The number of benzene rings is 2. The van der Waals surface area contributed by atoms with Gasteiger partial charge in [0.15, 0.2) is 0 Å². The number of amides is 2. The third kappa shape index (κ3) is 3.75. The lowest BCUT2D eigenvalue weighted by Crippen LogP contribution is -2.42. The minimum Gasteiger partial charge on any atom is -0.323 e. The van der Waals surface area contributed by atoms with E-state index >= 15 is 0 Å². The van der Waals surface area contributed by atoms with Crippen LogP contribution in [-0.2, 0) is 0 Å². The zero-order valence-corrected chi connectivity index (χ0v) is 13.8.